The number of hydrogen-bond acceptors (Lipinski definition) is 3. The van der Waals surface area contributed by atoms with Crippen LogP contribution < -0.4 is 10.0 Å². The van der Waals surface area contributed by atoms with E-state index >= 15 is 0 Å². The molecular weight excluding hydrogens is 264 g/mol. The summed E-state index contributed by atoms with van der Waals surface area (Å²) in [5.74, 6) is 0. The number of benzene rings is 1. The lowest BCUT2D eigenvalue weighted by Crippen LogP contribution is -2.39. The molecule has 0 aliphatic rings. The number of rotatable bonds is 3. The van der Waals surface area contributed by atoms with Crippen molar-refractivity contribution in [2.75, 3.05) is 6.54 Å². The minimum absolute atomic E-state index is 0.0423. The first-order chi connectivity index (χ1) is 7.86. The predicted molar refractivity (Wildman–Crippen MR) is 65.6 cm³/mol. The maximum atomic E-state index is 11.8. The molecule has 2 amide bonds. The second-order valence-electron chi connectivity index (χ2n) is 3.38. The fourth-order valence-corrected chi connectivity index (χ4v) is 2.32. The van der Waals surface area contributed by atoms with Gasteiger partial charge < -0.3 is 5.32 Å². The second kappa shape index (κ2) is 5.37. The number of carbonyl (C=O) groups excluding carboxylic acids is 1. The summed E-state index contributed by atoms with van der Waals surface area (Å²) < 4.78 is 25.4. The molecule has 7 heteroatoms. The maximum Gasteiger partial charge on any atom is 0.328 e. The first-order valence-electron chi connectivity index (χ1n) is 4.93. The van der Waals surface area contributed by atoms with Crippen LogP contribution in [0.25, 0.3) is 0 Å². The summed E-state index contributed by atoms with van der Waals surface area (Å²) in [5, 5.41) is 2.67. The SMILES string of the molecule is CCNC(=O)NS(=O)(=O)c1ccc(C)c(Cl)c1. The van der Waals surface area contributed by atoms with Crippen LogP contribution in [0.4, 0.5) is 4.79 Å². The maximum absolute atomic E-state index is 11.8. The Kier molecular flexibility index (Phi) is 4.36. The highest BCUT2D eigenvalue weighted by Crippen LogP contribution is 2.19. The van der Waals surface area contributed by atoms with Gasteiger partial charge in [0.25, 0.3) is 10.0 Å². The van der Waals surface area contributed by atoms with Crippen molar-refractivity contribution >= 4 is 27.7 Å². The Morgan fingerprint density at radius 3 is 2.59 bits per heavy atom. The molecule has 0 fully saturated rings. The summed E-state index contributed by atoms with van der Waals surface area (Å²) in [7, 11) is -3.87. The lowest BCUT2D eigenvalue weighted by molar-refractivity contribution is 0.246. The fourth-order valence-electron chi connectivity index (χ4n) is 1.12. The van der Waals surface area contributed by atoms with E-state index in [4.69, 9.17) is 11.6 Å². The number of sulfonamides is 1. The third-order valence-corrected chi connectivity index (χ3v) is 3.75. The van der Waals surface area contributed by atoms with Gasteiger partial charge in [0.05, 0.1) is 4.90 Å². The Hall–Kier alpha value is -1.27. The topological polar surface area (TPSA) is 75.3 Å². The van der Waals surface area contributed by atoms with E-state index in [0.717, 1.165) is 5.56 Å². The molecule has 0 aliphatic heterocycles. The number of urea groups is 1. The van der Waals surface area contributed by atoms with E-state index in [1.807, 2.05) is 4.72 Å². The molecule has 5 nitrogen and oxygen atoms in total. The highest BCUT2D eigenvalue weighted by atomic mass is 35.5. The van der Waals surface area contributed by atoms with Gasteiger partial charge in [-0.1, -0.05) is 17.7 Å². The Balaban J connectivity index is 2.97. The van der Waals surface area contributed by atoms with Crippen LogP contribution in [0.15, 0.2) is 23.1 Å². The van der Waals surface area contributed by atoms with E-state index in [0.29, 0.717) is 11.6 Å². The molecule has 1 rings (SSSR count). The second-order valence-corrected chi connectivity index (χ2v) is 5.47. The molecule has 1 aromatic carbocycles. The lowest BCUT2D eigenvalue weighted by Gasteiger charge is -2.08. The number of aryl methyl sites for hydroxylation is 1. The summed E-state index contributed by atoms with van der Waals surface area (Å²) in [6.45, 7) is 3.79. The molecular formula is C10H13ClN2O3S. The van der Waals surface area contributed by atoms with Crippen LogP contribution in [-0.2, 0) is 10.0 Å². The van der Waals surface area contributed by atoms with Crippen LogP contribution in [0.3, 0.4) is 0 Å². The van der Waals surface area contributed by atoms with Crippen molar-refractivity contribution in [3.05, 3.63) is 28.8 Å². The number of hydrogen-bond donors (Lipinski definition) is 2. The molecule has 2 N–H and O–H groups in total. The van der Waals surface area contributed by atoms with Crippen molar-refractivity contribution in [2.24, 2.45) is 0 Å². The minimum Gasteiger partial charge on any atom is -0.338 e. The first-order valence-corrected chi connectivity index (χ1v) is 6.79. The van der Waals surface area contributed by atoms with Crippen molar-refractivity contribution in [1.29, 1.82) is 0 Å². The highest BCUT2D eigenvalue weighted by Gasteiger charge is 2.17. The van der Waals surface area contributed by atoms with E-state index in [-0.39, 0.29) is 4.90 Å². The van der Waals surface area contributed by atoms with E-state index in [1.165, 1.54) is 12.1 Å². The summed E-state index contributed by atoms with van der Waals surface area (Å²) in [6, 6.07) is 3.51. The average molecular weight is 277 g/mol. The standard InChI is InChI=1S/C10H13ClN2O3S/c1-3-12-10(14)13-17(15,16)8-5-4-7(2)9(11)6-8/h4-6H,3H2,1-2H3,(H2,12,13,14). The summed E-state index contributed by atoms with van der Waals surface area (Å²) in [6.07, 6.45) is 0. The molecule has 0 aromatic heterocycles. The Morgan fingerprint density at radius 1 is 1.41 bits per heavy atom. The van der Waals surface area contributed by atoms with Gasteiger partial charge in [-0.15, -0.1) is 0 Å². The van der Waals surface area contributed by atoms with Crippen molar-refractivity contribution in [1.82, 2.24) is 10.0 Å². The molecule has 0 radical (unpaired) electrons. The normalized spacial score (nSPS) is 11.0. The van der Waals surface area contributed by atoms with Gasteiger partial charge in [-0.25, -0.2) is 17.9 Å². The molecule has 0 unspecified atom stereocenters. The van der Waals surface area contributed by atoms with E-state index in [9.17, 15) is 13.2 Å². The van der Waals surface area contributed by atoms with Gasteiger partial charge in [0.1, 0.15) is 0 Å². The van der Waals surface area contributed by atoms with E-state index < -0.39 is 16.1 Å². The third-order valence-electron chi connectivity index (χ3n) is 2.02. The summed E-state index contributed by atoms with van der Waals surface area (Å²) >= 11 is 5.82. The van der Waals surface area contributed by atoms with Gasteiger partial charge in [0, 0.05) is 11.6 Å². The van der Waals surface area contributed by atoms with Gasteiger partial charge in [-0.3, -0.25) is 0 Å². The summed E-state index contributed by atoms with van der Waals surface area (Å²) in [5.41, 5.74) is 0.767. The molecule has 0 atom stereocenters. The average Bonchev–Trinajstić information content (AvgIpc) is 2.21. The zero-order valence-electron chi connectivity index (χ0n) is 9.45. The quantitative estimate of drug-likeness (QED) is 0.881. The highest BCUT2D eigenvalue weighted by molar-refractivity contribution is 7.90. The van der Waals surface area contributed by atoms with E-state index in [2.05, 4.69) is 5.32 Å². The molecule has 0 spiro atoms. The number of halogens is 1. The van der Waals surface area contributed by atoms with Crippen LogP contribution in [-0.4, -0.2) is 21.0 Å². The first kappa shape index (κ1) is 13.8. The lowest BCUT2D eigenvalue weighted by atomic mass is 10.2. The van der Waals surface area contributed by atoms with Gasteiger partial charge in [-0.2, -0.15) is 0 Å². The van der Waals surface area contributed by atoms with Gasteiger partial charge in [0.15, 0.2) is 0 Å². The fraction of sp³-hybridized carbons (Fsp3) is 0.300. The molecule has 94 valence electrons. The number of carbonyl (C=O) groups is 1. The largest absolute Gasteiger partial charge is 0.338 e. The smallest absolute Gasteiger partial charge is 0.328 e. The Labute approximate surface area is 105 Å². The van der Waals surface area contributed by atoms with Crippen LogP contribution in [0, 0.1) is 6.92 Å². The third kappa shape index (κ3) is 3.61. The minimum atomic E-state index is -3.87. The zero-order valence-corrected chi connectivity index (χ0v) is 11.0. The molecule has 17 heavy (non-hydrogen) atoms. The molecule has 0 saturated heterocycles. The number of amides is 2. The van der Waals surface area contributed by atoms with Crippen LogP contribution in [0.2, 0.25) is 5.02 Å². The molecule has 0 bridgehead atoms. The molecule has 1 aromatic rings. The Bertz CT molecular complexity index is 528. The van der Waals surface area contributed by atoms with Crippen molar-refractivity contribution in [3.8, 4) is 0 Å². The van der Waals surface area contributed by atoms with Gasteiger partial charge in [-0.05, 0) is 31.5 Å². The predicted octanol–water partition coefficient (Wildman–Crippen LogP) is 1.66. The number of nitrogens with one attached hydrogen (secondary N) is 2. The van der Waals surface area contributed by atoms with Crippen molar-refractivity contribution < 1.29 is 13.2 Å². The zero-order chi connectivity index (χ0) is 13.1. The van der Waals surface area contributed by atoms with Gasteiger partial charge >= 0.3 is 6.03 Å². The molecule has 0 saturated carbocycles. The van der Waals surface area contributed by atoms with E-state index in [1.54, 1.807) is 19.9 Å². The molecule has 0 heterocycles. The van der Waals surface area contributed by atoms with Crippen LogP contribution in [0.1, 0.15) is 12.5 Å². The monoisotopic (exact) mass is 276 g/mol. The summed E-state index contributed by atoms with van der Waals surface area (Å²) in [4.78, 5) is 11.1. The van der Waals surface area contributed by atoms with Crippen LogP contribution in [0.5, 0.6) is 0 Å². The van der Waals surface area contributed by atoms with Crippen molar-refractivity contribution in [2.45, 2.75) is 18.7 Å². The molecule has 0 aliphatic carbocycles. The van der Waals surface area contributed by atoms with Gasteiger partial charge in [0.2, 0.25) is 0 Å². The van der Waals surface area contributed by atoms with Crippen molar-refractivity contribution in [3.63, 3.8) is 0 Å². The van der Waals surface area contributed by atoms with Crippen LogP contribution >= 0.6 is 11.6 Å². The Morgan fingerprint density at radius 2 is 2.06 bits per heavy atom.